The van der Waals surface area contributed by atoms with Crippen LogP contribution >= 0.6 is 11.6 Å². The summed E-state index contributed by atoms with van der Waals surface area (Å²) in [6.07, 6.45) is 4.03. The van der Waals surface area contributed by atoms with E-state index in [1.54, 1.807) is 12.1 Å². The molecule has 5 heteroatoms. The fraction of sp³-hybridized carbons (Fsp3) is 0.345. The highest BCUT2D eigenvalue weighted by Gasteiger charge is 2.32. The van der Waals surface area contributed by atoms with Crippen LogP contribution in [0.4, 0.5) is 4.39 Å². The number of hydrogen-bond acceptors (Lipinski definition) is 2. The van der Waals surface area contributed by atoms with Crippen LogP contribution < -0.4 is 0 Å². The van der Waals surface area contributed by atoms with Gasteiger partial charge in [-0.15, -0.1) is 0 Å². The topological polar surface area (TPSA) is 23.6 Å². The van der Waals surface area contributed by atoms with E-state index in [0.717, 1.165) is 50.3 Å². The Bertz CT molecular complexity index is 1120. The molecule has 3 aromatic rings. The van der Waals surface area contributed by atoms with Crippen LogP contribution in [0.2, 0.25) is 5.02 Å². The van der Waals surface area contributed by atoms with Crippen molar-refractivity contribution in [2.24, 2.45) is 0 Å². The average Bonchev–Trinajstić information content (AvgIpc) is 2.88. The summed E-state index contributed by atoms with van der Waals surface area (Å²) in [5.74, 6) is 0.250. The Hall–Kier alpha value is -2.69. The minimum Gasteiger partial charge on any atom is -0.331 e. The summed E-state index contributed by atoms with van der Waals surface area (Å²) in [6, 6.07) is 22.7. The Balaban J connectivity index is 1.27. The van der Waals surface area contributed by atoms with Crippen molar-refractivity contribution < 1.29 is 9.18 Å². The zero-order valence-electron chi connectivity index (χ0n) is 19.3. The maximum absolute atomic E-state index is 13.4. The number of piperidine rings is 1. The molecule has 2 heterocycles. The van der Waals surface area contributed by atoms with Crippen LogP contribution in [-0.4, -0.2) is 41.9 Å². The molecule has 3 nitrogen and oxygen atoms in total. The van der Waals surface area contributed by atoms with Crippen LogP contribution in [-0.2, 0) is 6.42 Å². The number of carbonyl (C=O) groups excluding carboxylic acids is 1. The minimum atomic E-state index is -0.320. The third kappa shape index (κ3) is 5.03. The van der Waals surface area contributed by atoms with Crippen LogP contribution in [0.15, 0.2) is 72.8 Å². The van der Waals surface area contributed by atoms with Gasteiger partial charge in [0.25, 0.3) is 5.91 Å². The van der Waals surface area contributed by atoms with Gasteiger partial charge in [-0.3, -0.25) is 4.79 Å². The van der Waals surface area contributed by atoms with Gasteiger partial charge < -0.3 is 9.80 Å². The van der Waals surface area contributed by atoms with Crippen LogP contribution in [0.3, 0.4) is 0 Å². The molecule has 1 amide bonds. The van der Waals surface area contributed by atoms with E-state index < -0.39 is 0 Å². The molecular weight excluding hydrogens is 447 g/mol. The van der Waals surface area contributed by atoms with E-state index in [1.165, 1.54) is 28.8 Å². The summed E-state index contributed by atoms with van der Waals surface area (Å²) < 4.78 is 13.4. The third-order valence-corrected chi connectivity index (χ3v) is 7.66. The molecule has 0 aliphatic carbocycles. The van der Waals surface area contributed by atoms with Gasteiger partial charge in [0, 0.05) is 23.7 Å². The highest BCUT2D eigenvalue weighted by atomic mass is 35.5. The molecule has 0 saturated carbocycles. The summed E-state index contributed by atoms with van der Waals surface area (Å²) in [6.45, 7) is 3.78. The molecule has 34 heavy (non-hydrogen) atoms. The smallest absolute Gasteiger partial charge is 0.254 e. The van der Waals surface area contributed by atoms with Gasteiger partial charge in [-0.25, -0.2) is 4.39 Å². The van der Waals surface area contributed by atoms with Crippen LogP contribution in [0.1, 0.15) is 58.3 Å². The largest absolute Gasteiger partial charge is 0.331 e. The van der Waals surface area contributed by atoms with Crippen molar-refractivity contribution in [1.82, 2.24) is 9.80 Å². The maximum atomic E-state index is 13.4. The van der Waals surface area contributed by atoms with E-state index in [2.05, 4.69) is 41.3 Å². The van der Waals surface area contributed by atoms with E-state index >= 15 is 0 Å². The molecule has 1 unspecified atom stereocenters. The lowest BCUT2D eigenvalue weighted by molar-refractivity contribution is 0.0630. The van der Waals surface area contributed by atoms with E-state index in [4.69, 9.17) is 11.6 Å². The van der Waals surface area contributed by atoms with Gasteiger partial charge in [0.15, 0.2) is 0 Å². The normalized spacial score (nSPS) is 19.1. The molecule has 1 fully saturated rings. The first-order valence-corrected chi connectivity index (χ1v) is 12.6. The SMILES string of the molecule is O=C(c1ccc(F)cc1)N1CCc2ccccc2C1CCN1CCC(c2ccc(Cl)cc2)CC1. The van der Waals surface area contributed by atoms with Crippen molar-refractivity contribution in [1.29, 1.82) is 0 Å². The monoisotopic (exact) mass is 476 g/mol. The number of nitrogens with zero attached hydrogens (tertiary/aromatic N) is 2. The third-order valence-electron chi connectivity index (χ3n) is 7.41. The molecule has 0 bridgehead atoms. The van der Waals surface area contributed by atoms with Crippen molar-refractivity contribution in [3.8, 4) is 0 Å². The van der Waals surface area contributed by atoms with Crippen molar-refractivity contribution in [2.75, 3.05) is 26.2 Å². The van der Waals surface area contributed by atoms with Crippen LogP contribution in [0.5, 0.6) is 0 Å². The van der Waals surface area contributed by atoms with Crippen LogP contribution in [0, 0.1) is 5.82 Å². The number of likely N-dealkylation sites (tertiary alicyclic amines) is 1. The summed E-state index contributed by atoms with van der Waals surface area (Å²) in [4.78, 5) is 17.9. The molecule has 5 rings (SSSR count). The van der Waals surface area contributed by atoms with E-state index in [1.807, 2.05) is 17.0 Å². The zero-order chi connectivity index (χ0) is 23.5. The second-order valence-electron chi connectivity index (χ2n) is 9.43. The molecule has 3 aromatic carbocycles. The zero-order valence-corrected chi connectivity index (χ0v) is 20.1. The van der Waals surface area contributed by atoms with Gasteiger partial charge in [0.1, 0.15) is 5.82 Å². The average molecular weight is 477 g/mol. The first-order chi connectivity index (χ1) is 16.6. The quantitative estimate of drug-likeness (QED) is 0.420. The summed E-state index contributed by atoms with van der Waals surface area (Å²) in [5.41, 5.74) is 4.51. The lowest BCUT2D eigenvalue weighted by atomic mass is 9.88. The summed E-state index contributed by atoms with van der Waals surface area (Å²) >= 11 is 6.05. The fourth-order valence-corrected chi connectivity index (χ4v) is 5.62. The lowest BCUT2D eigenvalue weighted by Crippen LogP contribution is -2.42. The van der Waals surface area contributed by atoms with Crippen molar-refractivity contribution in [3.63, 3.8) is 0 Å². The number of halogens is 2. The van der Waals surface area contributed by atoms with E-state index in [-0.39, 0.29) is 17.8 Å². The number of carbonyl (C=O) groups is 1. The minimum absolute atomic E-state index is 0.0130. The molecule has 0 spiro atoms. The van der Waals surface area contributed by atoms with Crippen LogP contribution in [0.25, 0.3) is 0 Å². The Morgan fingerprint density at radius 1 is 0.912 bits per heavy atom. The Morgan fingerprint density at radius 2 is 1.62 bits per heavy atom. The van der Waals surface area contributed by atoms with Gasteiger partial charge in [0.05, 0.1) is 6.04 Å². The number of amides is 1. The van der Waals surface area contributed by atoms with E-state index in [0.29, 0.717) is 18.0 Å². The number of hydrogen-bond donors (Lipinski definition) is 0. The molecule has 0 aromatic heterocycles. The molecule has 2 aliphatic rings. The molecule has 1 saturated heterocycles. The summed E-state index contributed by atoms with van der Waals surface area (Å²) in [7, 11) is 0. The number of benzene rings is 3. The number of rotatable bonds is 5. The van der Waals surface area contributed by atoms with Crippen molar-refractivity contribution in [3.05, 3.63) is 106 Å². The highest BCUT2D eigenvalue weighted by Crippen LogP contribution is 2.35. The van der Waals surface area contributed by atoms with Gasteiger partial charge in [-0.05, 0) is 97.8 Å². The van der Waals surface area contributed by atoms with Gasteiger partial charge in [0.2, 0.25) is 0 Å². The Kier molecular flexibility index (Phi) is 6.98. The van der Waals surface area contributed by atoms with Crippen molar-refractivity contribution >= 4 is 17.5 Å². The Labute approximate surface area is 206 Å². The second-order valence-corrected chi connectivity index (χ2v) is 9.86. The molecular formula is C29H30ClFN2O. The van der Waals surface area contributed by atoms with Gasteiger partial charge >= 0.3 is 0 Å². The molecule has 176 valence electrons. The predicted octanol–water partition coefficient (Wildman–Crippen LogP) is 6.49. The lowest BCUT2D eigenvalue weighted by Gasteiger charge is -2.39. The molecule has 2 aliphatic heterocycles. The molecule has 1 atom stereocenters. The van der Waals surface area contributed by atoms with Crippen molar-refractivity contribution in [2.45, 2.75) is 37.6 Å². The second kappa shape index (κ2) is 10.3. The summed E-state index contributed by atoms with van der Waals surface area (Å²) in [5, 5.41) is 0.786. The molecule has 0 radical (unpaired) electrons. The fourth-order valence-electron chi connectivity index (χ4n) is 5.49. The predicted molar refractivity (Wildman–Crippen MR) is 135 cm³/mol. The highest BCUT2D eigenvalue weighted by molar-refractivity contribution is 6.30. The molecule has 0 N–H and O–H groups in total. The first kappa shape index (κ1) is 23.1. The first-order valence-electron chi connectivity index (χ1n) is 12.2. The Morgan fingerprint density at radius 3 is 2.35 bits per heavy atom. The number of fused-ring (bicyclic) bond motifs is 1. The van der Waals surface area contributed by atoms with Gasteiger partial charge in [-0.2, -0.15) is 0 Å². The van der Waals surface area contributed by atoms with E-state index in [9.17, 15) is 9.18 Å². The standard InChI is InChI=1S/C29H30ClFN2O/c30-25-9-5-21(6-10-25)22-13-17-32(18-14-22)19-16-28-27-4-2-1-3-23(27)15-20-33(28)29(34)24-7-11-26(31)12-8-24/h1-12,22,28H,13-20H2. The van der Waals surface area contributed by atoms with Gasteiger partial charge in [-0.1, -0.05) is 48.0 Å². The maximum Gasteiger partial charge on any atom is 0.254 e.